The summed E-state index contributed by atoms with van der Waals surface area (Å²) in [5.41, 5.74) is 6.50. The van der Waals surface area contributed by atoms with E-state index >= 15 is 0 Å². The number of aromatic nitrogens is 2. The zero-order valence-corrected chi connectivity index (χ0v) is 19.2. The second-order valence-electron chi connectivity index (χ2n) is 8.03. The molecule has 0 spiro atoms. The Labute approximate surface area is 201 Å². The van der Waals surface area contributed by atoms with Gasteiger partial charge < -0.3 is 10.5 Å². The normalized spacial score (nSPS) is 15.6. The van der Waals surface area contributed by atoms with Crippen LogP contribution in [0.1, 0.15) is 24.0 Å². The van der Waals surface area contributed by atoms with Crippen LogP contribution >= 0.6 is 11.6 Å². The Morgan fingerprint density at radius 2 is 1.91 bits per heavy atom. The highest BCUT2D eigenvalue weighted by atomic mass is 35.5. The first-order valence-corrected chi connectivity index (χ1v) is 11.3. The number of hydrogen-bond donors (Lipinski definition) is 2. The molecule has 34 heavy (non-hydrogen) atoms. The van der Waals surface area contributed by atoms with E-state index in [0.29, 0.717) is 11.6 Å². The summed E-state index contributed by atoms with van der Waals surface area (Å²) in [6.07, 6.45) is 4.38. The Balaban J connectivity index is 1.72. The molecule has 3 N–H and O–H groups in total. The number of ether oxygens (including phenoxy) is 1. The molecule has 0 aliphatic carbocycles. The smallest absolute Gasteiger partial charge is 0.330 e. The lowest BCUT2D eigenvalue weighted by Crippen LogP contribution is -2.43. The Bertz CT molecular complexity index is 1290. The fraction of sp³-hybridized carbons (Fsp3) is 0.240. The standard InChI is InChI=1S/C25H25ClN4O4/c26-19-11-8-17(9-12-19)10-13-21(31)29(16-20-7-4-14-34-20)22-23(27)30(25(33)28-24(22)32)15-18-5-2-1-3-6-18/h1-3,5-6,8-13,20H,4,7,14-16,27H2,(H,28,32,33)/b13-10-. The number of nitrogens with one attached hydrogen (secondary N) is 1. The van der Waals surface area contributed by atoms with Crippen LogP contribution in [-0.4, -0.2) is 34.7 Å². The predicted molar refractivity (Wildman–Crippen MR) is 133 cm³/mol. The van der Waals surface area contributed by atoms with Gasteiger partial charge in [0.15, 0.2) is 5.69 Å². The van der Waals surface area contributed by atoms with E-state index in [4.69, 9.17) is 22.1 Å². The average Bonchev–Trinajstić information content (AvgIpc) is 3.34. The van der Waals surface area contributed by atoms with Crippen molar-refractivity contribution >= 4 is 35.1 Å². The molecule has 1 unspecified atom stereocenters. The molecule has 176 valence electrons. The number of carbonyl (C=O) groups excluding carboxylic acids is 1. The molecule has 0 bridgehead atoms. The van der Waals surface area contributed by atoms with Gasteiger partial charge in [-0.25, -0.2) is 4.79 Å². The van der Waals surface area contributed by atoms with E-state index in [1.165, 1.54) is 15.5 Å². The van der Waals surface area contributed by atoms with Crippen molar-refractivity contribution in [1.29, 1.82) is 0 Å². The second-order valence-corrected chi connectivity index (χ2v) is 8.47. The highest BCUT2D eigenvalue weighted by molar-refractivity contribution is 6.30. The van der Waals surface area contributed by atoms with E-state index in [2.05, 4.69) is 4.98 Å². The van der Waals surface area contributed by atoms with E-state index in [0.717, 1.165) is 24.0 Å². The minimum Gasteiger partial charge on any atom is -0.383 e. The molecular weight excluding hydrogens is 456 g/mol. The Hall–Kier alpha value is -3.62. The number of rotatable bonds is 7. The third-order valence-corrected chi connectivity index (χ3v) is 5.88. The maximum Gasteiger partial charge on any atom is 0.330 e. The predicted octanol–water partition coefficient (Wildman–Crippen LogP) is 3.05. The minimum absolute atomic E-state index is 0.0724. The van der Waals surface area contributed by atoms with Gasteiger partial charge in [0.05, 0.1) is 19.2 Å². The van der Waals surface area contributed by atoms with Crippen molar-refractivity contribution in [2.24, 2.45) is 0 Å². The van der Waals surface area contributed by atoms with Crippen LogP contribution in [0.15, 0.2) is 70.3 Å². The van der Waals surface area contributed by atoms with Gasteiger partial charge in [-0.2, -0.15) is 0 Å². The SMILES string of the molecule is Nc1c(N(CC2CCCO2)C(=O)/C=C\c2ccc(Cl)cc2)c(=O)[nH]c(=O)n1Cc1ccccc1. The maximum absolute atomic E-state index is 13.3. The van der Waals surface area contributed by atoms with Gasteiger partial charge in [0.25, 0.3) is 11.5 Å². The lowest BCUT2D eigenvalue weighted by atomic mass is 10.2. The molecule has 2 heterocycles. The molecule has 8 nitrogen and oxygen atoms in total. The van der Waals surface area contributed by atoms with Crippen molar-refractivity contribution in [3.05, 3.63) is 97.7 Å². The summed E-state index contributed by atoms with van der Waals surface area (Å²) in [5, 5.41) is 0.587. The number of nitrogens with two attached hydrogens (primary N) is 1. The van der Waals surface area contributed by atoms with Crippen LogP contribution in [0.3, 0.4) is 0 Å². The highest BCUT2D eigenvalue weighted by Gasteiger charge is 2.27. The molecule has 9 heteroatoms. The van der Waals surface area contributed by atoms with Crippen LogP contribution in [-0.2, 0) is 16.1 Å². The largest absolute Gasteiger partial charge is 0.383 e. The van der Waals surface area contributed by atoms with Gasteiger partial charge in [-0.3, -0.25) is 24.0 Å². The summed E-state index contributed by atoms with van der Waals surface area (Å²) in [4.78, 5) is 42.3. The fourth-order valence-corrected chi connectivity index (χ4v) is 4.00. The van der Waals surface area contributed by atoms with Crippen LogP contribution in [0, 0.1) is 0 Å². The molecule has 1 aliphatic heterocycles. The van der Waals surface area contributed by atoms with E-state index in [1.807, 2.05) is 30.3 Å². The Kier molecular flexibility index (Phi) is 7.30. The first-order chi connectivity index (χ1) is 16.4. The Morgan fingerprint density at radius 1 is 1.18 bits per heavy atom. The van der Waals surface area contributed by atoms with Crippen molar-refractivity contribution < 1.29 is 9.53 Å². The van der Waals surface area contributed by atoms with Gasteiger partial charge >= 0.3 is 5.69 Å². The number of hydrogen-bond acceptors (Lipinski definition) is 5. The number of H-pyrrole nitrogens is 1. The summed E-state index contributed by atoms with van der Waals surface area (Å²) in [5.74, 6) is -0.531. The number of nitrogen functional groups attached to an aromatic ring is 1. The van der Waals surface area contributed by atoms with Gasteiger partial charge in [0, 0.05) is 17.7 Å². The number of carbonyl (C=O) groups is 1. The van der Waals surface area contributed by atoms with E-state index in [9.17, 15) is 14.4 Å². The van der Waals surface area contributed by atoms with E-state index < -0.39 is 17.2 Å². The zero-order chi connectivity index (χ0) is 24.1. The van der Waals surface area contributed by atoms with Crippen molar-refractivity contribution in [2.75, 3.05) is 23.8 Å². The monoisotopic (exact) mass is 480 g/mol. The molecule has 0 saturated carbocycles. The molecule has 1 saturated heterocycles. The molecule has 1 atom stereocenters. The Morgan fingerprint density at radius 3 is 2.59 bits per heavy atom. The van der Waals surface area contributed by atoms with Crippen LogP contribution in [0.25, 0.3) is 6.08 Å². The van der Waals surface area contributed by atoms with Gasteiger partial charge in [-0.05, 0) is 42.2 Å². The van der Waals surface area contributed by atoms with Crippen LogP contribution in [0.5, 0.6) is 0 Å². The summed E-state index contributed by atoms with van der Waals surface area (Å²) in [6, 6.07) is 16.2. The molecule has 4 rings (SSSR count). The third kappa shape index (κ3) is 5.47. The van der Waals surface area contributed by atoms with Crippen molar-refractivity contribution in [3.63, 3.8) is 0 Å². The molecule has 1 aromatic heterocycles. The number of nitrogens with zero attached hydrogens (tertiary/aromatic N) is 2. The number of anilines is 2. The summed E-state index contributed by atoms with van der Waals surface area (Å²) in [6.45, 7) is 0.880. The van der Waals surface area contributed by atoms with E-state index in [-0.39, 0.29) is 30.7 Å². The third-order valence-electron chi connectivity index (χ3n) is 5.63. The van der Waals surface area contributed by atoms with Crippen LogP contribution in [0.4, 0.5) is 11.5 Å². The zero-order valence-electron chi connectivity index (χ0n) is 18.4. The minimum atomic E-state index is -0.724. The quantitative estimate of drug-likeness (QED) is 0.505. The van der Waals surface area contributed by atoms with Crippen molar-refractivity contribution in [1.82, 2.24) is 9.55 Å². The fourth-order valence-electron chi connectivity index (χ4n) is 3.88. The summed E-state index contributed by atoms with van der Waals surface area (Å²) >= 11 is 5.93. The van der Waals surface area contributed by atoms with Gasteiger partial charge in [-0.15, -0.1) is 0 Å². The number of aromatic amines is 1. The number of amides is 1. The molecule has 1 aliphatic rings. The van der Waals surface area contributed by atoms with Gasteiger partial charge in [0.1, 0.15) is 5.82 Å². The first kappa shape index (κ1) is 23.5. The molecule has 0 radical (unpaired) electrons. The lowest BCUT2D eigenvalue weighted by Gasteiger charge is -2.25. The van der Waals surface area contributed by atoms with Crippen LogP contribution in [0.2, 0.25) is 5.02 Å². The topological polar surface area (TPSA) is 110 Å². The average molecular weight is 481 g/mol. The van der Waals surface area contributed by atoms with E-state index in [1.54, 1.807) is 30.3 Å². The van der Waals surface area contributed by atoms with Crippen molar-refractivity contribution in [3.8, 4) is 0 Å². The maximum atomic E-state index is 13.3. The first-order valence-electron chi connectivity index (χ1n) is 11.0. The van der Waals surface area contributed by atoms with Gasteiger partial charge in [0.2, 0.25) is 0 Å². The summed E-state index contributed by atoms with van der Waals surface area (Å²) < 4.78 is 6.96. The molecule has 1 amide bonds. The highest BCUT2D eigenvalue weighted by Crippen LogP contribution is 2.22. The number of benzene rings is 2. The second kappa shape index (κ2) is 10.5. The van der Waals surface area contributed by atoms with Crippen LogP contribution < -0.4 is 21.9 Å². The molecule has 1 fully saturated rings. The molecule has 2 aromatic carbocycles. The number of halogens is 1. The molecular formula is C25H25ClN4O4. The molecule has 3 aromatic rings. The summed E-state index contributed by atoms with van der Waals surface area (Å²) in [7, 11) is 0. The van der Waals surface area contributed by atoms with Crippen molar-refractivity contribution in [2.45, 2.75) is 25.5 Å². The lowest BCUT2D eigenvalue weighted by molar-refractivity contribution is -0.114. The van der Waals surface area contributed by atoms with Gasteiger partial charge in [-0.1, -0.05) is 54.1 Å².